The Labute approximate surface area is 206 Å². The van der Waals surface area contributed by atoms with Crippen LogP contribution in [-0.4, -0.2) is 0 Å². The van der Waals surface area contributed by atoms with Gasteiger partial charge in [-0.05, 0) is 56.2 Å². The third kappa shape index (κ3) is 3.59. The van der Waals surface area contributed by atoms with Crippen molar-refractivity contribution in [2.24, 2.45) is 0 Å². The van der Waals surface area contributed by atoms with E-state index in [1.54, 1.807) is 0 Å². The molecule has 3 aromatic carbocycles. The summed E-state index contributed by atoms with van der Waals surface area (Å²) in [6.07, 6.45) is 7.94. The number of allylic oxidation sites excluding steroid dienone is 4. The molecule has 0 radical (unpaired) electrons. The molecule has 34 heavy (non-hydrogen) atoms. The predicted octanol–water partition coefficient (Wildman–Crippen LogP) is 9.24. The fourth-order valence-corrected chi connectivity index (χ4v) is 5.97. The first-order valence-corrected chi connectivity index (χ1v) is 12.7. The Hall–Kier alpha value is -2.86. The molecule has 0 bridgehead atoms. The summed E-state index contributed by atoms with van der Waals surface area (Å²) in [4.78, 5) is 0. The molecular formula is C34H38. The molecule has 2 aliphatic carbocycles. The standard InChI is InChI=1S/C34H38/c1-32(2,3)25-17-19-27-28-20-18-26(33(4,5)6)22-30(28)31(29(27)21-25)34(7,24-15-11-12-16-24)23-13-9-8-10-14-23/h8-15,17-22,31H,16H2,1-7H3. The van der Waals surface area contributed by atoms with Gasteiger partial charge in [0.15, 0.2) is 0 Å². The minimum Gasteiger partial charge on any atom is -0.0804 e. The largest absolute Gasteiger partial charge is 0.0804 e. The van der Waals surface area contributed by atoms with Gasteiger partial charge in [-0.25, -0.2) is 0 Å². The van der Waals surface area contributed by atoms with E-state index >= 15 is 0 Å². The lowest BCUT2D eigenvalue weighted by Crippen LogP contribution is -2.32. The molecule has 0 heterocycles. The van der Waals surface area contributed by atoms with Gasteiger partial charge in [-0.1, -0.05) is 139 Å². The molecule has 0 nitrogen and oxygen atoms in total. The van der Waals surface area contributed by atoms with Gasteiger partial charge in [0.05, 0.1) is 0 Å². The van der Waals surface area contributed by atoms with Gasteiger partial charge in [0.1, 0.15) is 0 Å². The third-order valence-electron chi connectivity index (χ3n) is 8.14. The minimum atomic E-state index is -0.127. The summed E-state index contributed by atoms with van der Waals surface area (Å²) >= 11 is 0. The van der Waals surface area contributed by atoms with Crippen LogP contribution in [0.3, 0.4) is 0 Å². The van der Waals surface area contributed by atoms with Gasteiger partial charge in [0.25, 0.3) is 0 Å². The molecule has 2 aliphatic rings. The van der Waals surface area contributed by atoms with Crippen LogP contribution >= 0.6 is 0 Å². The SMILES string of the molecule is CC(C)(C)c1ccc2c(c1)C(C(C)(C1=CC=CC1)c1ccccc1)c1cc(C(C)(C)C)ccc1-2. The quantitative estimate of drug-likeness (QED) is 0.376. The van der Waals surface area contributed by atoms with Crippen molar-refractivity contribution in [1.29, 1.82) is 0 Å². The summed E-state index contributed by atoms with van der Waals surface area (Å²) < 4.78 is 0. The van der Waals surface area contributed by atoms with Gasteiger partial charge in [0, 0.05) is 11.3 Å². The summed E-state index contributed by atoms with van der Waals surface area (Å²) in [6, 6.07) is 25.7. The highest BCUT2D eigenvalue weighted by Crippen LogP contribution is 2.58. The number of hydrogen-bond donors (Lipinski definition) is 0. The first-order valence-electron chi connectivity index (χ1n) is 12.7. The molecule has 0 saturated heterocycles. The second-order valence-electron chi connectivity index (χ2n) is 12.4. The number of benzene rings is 3. The van der Waals surface area contributed by atoms with Crippen LogP contribution in [0.2, 0.25) is 0 Å². The van der Waals surface area contributed by atoms with Crippen LogP contribution in [0.4, 0.5) is 0 Å². The molecule has 5 rings (SSSR count). The topological polar surface area (TPSA) is 0 Å². The molecule has 0 fully saturated rings. The van der Waals surface area contributed by atoms with E-state index < -0.39 is 0 Å². The van der Waals surface area contributed by atoms with Crippen LogP contribution in [0.1, 0.15) is 88.6 Å². The molecule has 1 atom stereocenters. The number of fused-ring (bicyclic) bond motifs is 3. The summed E-state index contributed by atoms with van der Waals surface area (Å²) in [5, 5.41) is 0. The highest BCUT2D eigenvalue weighted by Gasteiger charge is 2.46. The van der Waals surface area contributed by atoms with E-state index in [0.29, 0.717) is 0 Å². The van der Waals surface area contributed by atoms with Crippen molar-refractivity contribution in [1.82, 2.24) is 0 Å². The highest BCUT2D eigenvalue weighted by atomic mass is 14.5. The Morgan fingerprint density at radius 1 is 0.618 bits per heavy atom. The van der Waals surface area contributed by atoms with Crippen LogP contribution in [0.25, 0.3) is 11.1 Å². The Morgan fingerprint density at radius 3 is 1.59 bits per heavy atom. The van der Waals surface area contributed by atoms with Crippen LogP contribution in [0.15, 0.2) is 90.5 Å². The maximum Gasteiger partial charge on any atom is 0.0249 e. The summed E-state index contributed by atoms with van der Waals surface area (Å²) in [5.74, 6) is 0.274. The molecule has 0 aromatic heterocycles. The Morgan fingerprint density at radius 2 is 1.15 bits per heavy atom. The minimum absolute atomic E-state index is 0.113. The van der Waals surface area contributed by atoms with Crippen LogP contribution in [-0.2, 0) is 16.2 Å². The average molecular weight is 447 g/mol. The number of rotatable bonds is 3. The van der Waals surface area contributed by atoms with Crippen molar-refractivity contribution in [3.05, 3.63) is 118 Å². The third-order valence-corrected chi connectivity index (χ3v) is 8.14. The molecule has 0 N–H and O–H groups in total. The van der Waals surface area contributed by atoms with E-state index in [1.165, 1.54) is 44.5 Å². The maximum absolute atomic E-state index is 2.51. The van der Waals surface area contributed by atoms with E-state index in [9.17, 15) is 0 Å². The molecule has 0 aliphatic heterocycles. The van der Waals surface area contributed by atoms with Crippen molar-refractivity contribution in [3.8, 4) is 11.1 Å². The van der Waals surface area contributed by atoms with Crippen molar-refractivity contribution in [2.45, 2.75) is 77.0 Å². The van der Waals surface area contributed by atoms with E-state index in [1.807, 2.05) is 0 Å². The summed E-state index contributed by atoms with van der Waals surface area (Å²) in [7, 11) is 0. The van der Waals surface area contributed by atoms with Gasteiger partial charge in [-0.3, -0.25) is 0 Å². The lowest BCUT2D eigenvalue weighted by Gasteiger charge is -2.40. The molecule has 0 heteroatoms. The van der Waals surface area contributed by atoms with Crippen molar-refractivity contribution < 1.29 is 0 Å². The smallest absolute Gasteiger partial charge is 0.0249 e. The van der Waals surface area contributed by atoms with Gasteiger partial charge in [-0.2, -0.15) is 0 Å². The zero-order chi connectivity index (χ0) is 24.3. The Bertz CT molecular complexity index is 1220. The molecule has 0 spiro atoms. The Balaban J connectivity index is 1.83. The van der Waals surface area contributed by atoms with Crippen LogP contribution < -0.4 is 0 Å². The zero-order valence-corrected chi connectivity index (χ0v) is 21.9. The molecule has 3 aromatic rings. The second kappa shape index (κ2) is 7.84. The highest BCUT2D eigenvalue weighted by molar-refractivity contribution is 5.81. The van der Waals surface area contributed by atoms with E-state index in [0.717, 1.165) is 6.42 Å². The number of hydrogen-bond acceptors (Lipinski definition) is 0. The fourth-order valence-electron chi connectivity index (χ4n) is 5.97. The average Bonchev–Trinajstić information content (AvgIpc) is 3.44. The van der Waals surface area contributed by atoms with E-state index in [2.05, 4.69) is 133 Å². The Kier molecular flexibility index (Phi) is 5.28. The summed E-state index contributed by atoms with van der Waals surface area (Å²) in [5.41, 5.74) is 11.6. The maximum atomic E-state index is 2.51. The molecule has 1 unspecified atom stereocenters. The van der Waals surface area contributed by atoms with Crippen molar-refractivity contribution in [3.63, 3.8) is 0 Å². The van der Waals surface area contributed by atoms with Crippen molar-refractivity contribution in [2.75, 3.05) is 0 Å². The van der Waals surface area contributed by atoms with Crippen LogP contribution in [0.5, 0.6) is 0 Å². The normalized spacial score (nSPS) is 17.3. The summed E-state index contributed by atoms with van der Waals surface area (Å²) in [6.45, 7) is 16.4. The van der Waals surface area contributed by atoms with Gasteiger partial charge < -0.3 is 0 Å². The molecular weight excluding hydrogens is 408 g/mol. The first kappa shape index (κ1) is 22.9. The second-order valence-corrected chi connectivity index (χ2v) is 12.4. The fraction of sp³-hybridized carbons (Fsp3) is 0.353. The van der Waals surface area contributed by atoms with Gasteiger partial charge in [0.2, 0.25) is 0 Å². The van der Waals surface area contributed by atoms with Gasteiger partial charge >= 0.3 is 0 Å². The monoisotopic (exact) mass is 446 g/mol. The lowest BCUT2D eigenvalue weighted by molar-refractivity contribution is 0.485. The molecule has 174 valence electrons. The van der Waals surface area contributed by atoms with Crippen LogP contribution in [0, 0.1) is 0 Å². The molecule has 0 saturated carbocycles. The lowest BCUT2D eigenvalue weighted by atomic mass is 9.62. The van der Waals surface area contributed by atoms with E-state index in [-0.39, 0.29) is 22.2 Å². The first-order chi connectivity index (χ1) is 16.0. The zero-order valence-electron chi connectivity index (χ0n) is 21.9. The van der Waals surface area contributed by atoms with E-state index in [4.69, 9.17) is 0 Å². The predicted molar refractivity (Wildman–Crippen MR) is 147 cm³/mol. The van der Waals surface area contributed by atoms with Gasteiger partial charge in [-0.15, -0.1) is 0 Å². The van der Waals surface area contributed by atoms with Crippen molar-refractivity contribution >= 4 is 0 Å². The molecule has 0 amide bonds.